The van der Waals surface area contributed by atoms with Gasteiger partial charge >= 0.3 is 12.1 Å². The molecule has 0 radical (unpaired) electrons. The second-order valence-corrected chi connectivity index (χ2v) is 6.12. The van der Waals surface area contributed by atoms with Gasteiger partial charge in [-0.1, -0.05) is 0 Å². The first-order chi connectivity index (χ1) is 11.4. The summed E-state index contributed by atoms with van der Waals surface area (Å²) in [6.07, 6.45) is 0.551. The van der Waals surface area contributed by atoms with Gasteiger partial charge in [0.1, 0.15) is 6.04 Å². The zero-order valence-electron chi connectivity index (χ0n) is 13.0. The number of hydrogen-bond donors (Lipinski definition) is 0. The maximum atomic E-state index is 12.8. The monoisotopic (exact) mass is 341 g/mol. The third-order valence-corrected chi connectivity index (χ3v) is 4.67. The molecule has 2 aliphatic rings. The Morgan fingerprint density at radius 1 is 1.04 bits per heavy atom. The zero-order valence-corrected chi connectivity index (χ0v) is 13.0. The van der Waals surface area contributed by atoms with E-state index in [0.717, 1.165) is 18.4 Å². The Hall–Kier alpha value is -2.12. The molecule has 0 aliphatic carbocycles. The number of likely N-dealkylation sites (tertiary alicyclic amines) is 2. The van der Waals surface area contributed by atoms with Crippen molar-refractivity contribution in [1.82, 2.24) is 14.8 Å². The molecule has 1 aromatic heterocycles. The highest BCUT2D eigenvalue weighted by molar-refractivity contribution is 5.90. The normalized spacial score (nSPS) is 24.5. The van der Waals surface area contributed by atoms with E-state index in [1.807, 2.05) is 12.1 Å². The molecule has 1 aromatic rings. The summed E-state index contributed by atoms with van der Waals surface area (Å²) in [5.41, 5.74) is 0.919. The van der Waals surface area contributed by atoms with Gasteiger partial charge < -0.3 is 9.80 Å². The summed E-state index contributed by atoms with van der Waals surface area (Å²) in [7, 11) is 0. The van der Waals surface area contributed by atoms with Crippen LogP contribution in [0.4, 0.5) is 13.2 Å². The highest BCUT2D eigenvalue weighted by Crippen LogP contribution is 2.34. The number of carbonyl (C=O) groups is 2. The number of carbonyl (C=O) groups excluding carboxylic acids is 2. The van der Waals surface area contributed by atoms with Gasteiger partial charge in [-0.15, -0.1) is 0 Å². The highest BCUT2D eigenvalue weighted by atomic mass is 19.4. The molecule has 2 saturated heterocycles. The summed E-state index contributed by atoms with van der Waals surface area (Å²) in [5.74, 6) is -2.30. The zero-order chi connectivity index (χ0) is 17.3. The van der Waals surface area contributed by atoms with Gasteiger partial charge in [-0.25, -0.2) is 0 Å². The van der Waals surface area contributed by atoms with Gasteiger partial charge in [0.25, 0.3) is 0 Å². The summed E-state index contributed by atoms with van der Waals surface area (Å²) in [4.78, 5) is 30.6. The smallest absolute Gasteiger partial charge is 0.334 e. The quantitative estimate of drug-likeness (QED) is 0.829. The molecule has 2 amide bonds. The van der Waals surface area contributed by atoms with E-state index in [1.165, 1.54) is 0 Å². The van der Waals surface area contributed by atoms with Crippen LogP contribution >= 0.6 is 0 Å². The molecular weight excluding hydrogens is 323 g/mol. The lowest BCUT2D eigenvalue weighted by Crippen LogP contribution is -2.51. The molecule has 0 saturated carbocycles. The van der Waals surface area contributed by atoms with Crippen molar-refractivity contribution in [3.8, 4) is 0 Å². The Labute approximate surface area is 137 Å². The van der Waals surface area contributed by atoms with Gasteiger partial charge in [0.2, 0.25) is 5.91 Å². The van der Waals surface area contributed by atoms with Crippen LogP contribution in [0, 0.1) is 0 Å². The van der Waals surface area contributed by atoms with Crippen LogP contribution < -0.4 is 0 Å². The topological polar surface area (TPSA) is 53.5 Å². The van der Waals surface area contributed by atoms with E-state index in [2.05, 4.69) is 4.98 Å². The highest BCUT2D eigenvalue weighted by Gasteiger charge is 2.49. The van der Waals surface area contributed by atoms with Crippen molar-refractivity contribution in [2.45, 2.75) is 43.9 Å². The van der Waals surface area contributed by atoms with Crippen molar-refractivity contribution in [2.75, 3.05) is 13.1 Å². The molecule has 130 valence electrons. The van der Waals surface area contributed by atoms with Crippen LogP contribution in [0.3, 0.4) is 0 Å². The fourth-order valence-electron chi connectivity index (χ4n) is 3.58. The molecule has 8 heteroatoms. The number of amides is 2. The fraction of sp³-hybridized carbons (Fsp3) is 0.562. The molecule has 5 nitrogen and oxygen atoms in total. The van der Waals surface area contributed by atoms with E-state index in [9.17, 15) is 22.8 Å². The maximum absolute atomic E-state index is 12.8. The molecule has 0 spiro atoms. The minimum absolute atomic E-state index is 0.0253. The van der Waals surface area contributed by atoms with E-state index in [4.69, 9.17) is 0 Å². The summed E-state index contributed by atoms with van der Waals surface area (Å²) in [6.45, 7) is 0.471. The molecule has 2 unspecified atom stereocenters. The van der Waals surface area contributed by atoms with E-state index in [0.29, 0.717) is 17.9 Å². The second kappa shape index (κ2) is 6.41. The Kier molecular flexibility index (Phi) is 4.47. The summed E-state index contributed by atoms with van der Waals surface area (Å²) < 4.78 is 38.2. The van der Waals surface area contributed by atoms with Crippen LogP contribution in [-0.4, -0.2) is 51.9 Å². The van der Waals surface area contributed by atoms with E-state index in [1.54, 1.807) is 17.3 Å². The number of hydrogen-bond acceptors (Lipinski definition) is 3. The lowest BCUT2D eigenvalue weighted by atomic mass is 10.1. The van der Waals surface area contributed by atoms with Crippen LogP contribution in [0.25, 0.3) is 0 Å². The van der Waals surface area contributed by atoms with E-state index in [-0.39, 0.29) is 24.9 Å². The fourth-order valence-corrected chi connectivity index (χ4v) is 3.58. The predicted molar refractivity (Wildman–Crippen MR) is 78.7 cm³/mol. The van der Waals surface area contributed by atoms with Crippen molar-refractivity contribution in [2.24, 2.45) is 0 Å². The minimum Gasteiger partial charge on any atom is -0.334 e. The first-order valence-electron chi connectivity index (χ1n) is 7.98. The lowest BCUT2D eigenvalue weighted by Gasteiger charge is -2.31. The number of aromatic nitrogens is 1. The Bertz CT molecular complexity index is 621. The van der Waals surface area contributed by atoms with Crippen molar-refractivity contribution < 1.29 is 22.8 Å². The van der Waals surface area contributed by atoms with Gasteiger partial charge in [0, 0.05) is 25.5 Å². The Morgan fingerprint density at radius 2 is 1.67 bits per heavy atom. The molecule has 0 aromatic carbocycles. The second-order valence-electron chi connectivity index (χ2n) is 6.12. The van der Waals surface area contributed by atoms with Crippen LogP contribution in [0.5, 0.6) is 0 Å². The van der Waals surface area contributed by atoms with Gasteiger partial charge in [0.05, 0.1) is 6.04 Å². The predicted octanol–water partition coefficient (Wildman–Crippen LogP) is 2.30. The van der Waals surface area contributed by atoms with Gasteiger partial charge in [0.15, 0.2) is 0 Å². The van der Waals surface area contributed by atoms with E-state index >= 15 is 0 Å². The Balaban J connectivity index is 1.79. The molecule has 0 bridgehead atoms. The summed E-state index contributed by atoms with van der Waals surface area (Å²) >= 11 is 0. The minimum atomic E-state index is -4.95. The average Bonchev–Trinajstić information content (AvgIpc) is 3.22. The molecule has 3 rings (SSSR count). The molecule has 0 N–H and O–H groups in total. The summed E-state index contributed by atoms with van der Waals surface area (Å²) in [5, 5.41) is 0. The van der Waals surface area contributed by atoms with E-state index < -0.39 is 18.1 Å². The summed E-state index contributed by atoms with van der Waals surface area (Å²) in [6, 6.07) is 2.44. The molecule has 3 heterocycles. The van der Waals surface area contributed by atoms with Crippen LogP contribution in [0.2, 0.25) is 0 Å². The first-order valence-corrected chi connectivity index (χ1v) is 7.98. The number of rotatable bonds is 2. The third kappa shape index (κ3) is 3.09. The van der Waals surface area contributed by atoms with Crippen LogP contribution in [-0.2, 0) is 9.59 Å². The van der Waals surface area contributed by atoms with Crippen LogP contribution in [0.1, 0.15) is 37.3 Å². The van der Waals surface area contributed by atoms with Gasteiger partial charge in [-0.3, -0.25) is 14.6 Å². The molecule has 24 heavy (non-hydrogen) atoms. The van der Waals surface area contributed by atoms with Crippen LogP contribution in [0.15, 0.2) is 24.5 Å². The van der Waals surface area contributed by atoms with Crippen molar-refractivity contribution in [3.05, 3.63) is 30.1 Å². The average molecular weight is 341 g/mol. The Morgan fingerprint density at radius 3 is 2.33 bits per heavy atom. The first kappa shape index (κ1) is 16.7. The standard InChI is InChI=1S/C16H18F3N3O2/c17-16(18,19)15(24)22-10-2-4-13(22)14(23)21-9-1-3-12(21)11-5-7-20-8-6-11/h5-8,12-13H,1-4,9-10H2. The van der Waals surface area contributed by atoms with Crippen molar-refractivity contribution in [3.63, 3.8) is 0 Å². The van der Waals surface area contributed by atoms with Gasteiger partial charge in [-0.2, -0.15) is 13.2 Å². The van der Waals surface area contributed by atoms with Crippen molar-refractivity contribution in [1.29, 1.82) is 0 Å². The number of halogens is 3. The number of nitrogens with zero attached hydrogens (tertiary/aromatic N) is 3. The number of pyridine rings is 1. The van der Waals surface area contributed by atoms with Crippen molar-refractivity contribution >= 4 is 11.8 Å². The largest absolute Gasteiger partial charge is 0.471 e. The maximum Gasteiger partial charge on any atom is 0.471 e. The molecule has 2 fully saturated rings. The molecule has 2 atom stereocenters. The molecular formula is C16H18F3N3O2. The lowest BCUT2D eigenvalue weighted by molar-refractivity contribution is -0.187. The van der Waals surface area contributed by atoms with Gasteiger partial charge in [-0.05, 0) is 43.4 Å². The third-order valence-electron chi connectivity index (χ3n) is 4.67. The SMILES string of the molecule is O=C(C1CCCN1C(=O)C(F)(F)F)N1CCCC1c1ccncc1. The number of alkyl halides is 3. The molecule has 2 aliphatic heterocycles.